The Labute approximate surface area is 222 Å². The lowest BCUT2D eigenvalue weighted by Crippen LogP contribution is -2.60. The van der Waals surface area contributed by atoms with Crippen LogP contribution in [0, 0.1) is 11.8 Å². The van der Waals surface area contributed by atoms with Gasteiger partial charge in [0, 0.05) is 12.0 Å². The quantitative estimate of drug-likeness (QED) is 0.127. The van der Waals surface area contributed by atoms with E-state index in [1.54, 1.807) is 12.1 Å². The van der Waals surface area contributed by atoms with Crippen molar-refractivity contribution < 1.29 is 63.9 Å². The normalized spacial score (nSPS) is 34.1. The number of ether oxygens (including phenoxy) is 5. The zero-order valence-corrected chi connectivity index (χ0v) is 20.8. The zero-order chi connectivity index (χ0) is 28.3. The van der Waals surface area contributed by atoms with Crippen molar-refractivity contribution in [1.29, 1.82) is 0 Å². The first-order valence-corrected chi connectivity index (χ1v) is 12.1. The van der Waals surface area contributed by atoms with E-state index in [1.807, 2.05) is 0 Å². The molecule has 4 rings (SSSR count). The molecule has 1 aromatic carbocycles. The number of fused-ring (bicyclic) bond motifs is 1. The molecule has 1 aliphatic carbocycles. The van der Waals surface area contributed by atoms with E-state index in [9.17, 15) is 40.2 Å². The molecule has 1 fully saturated rings. The minimum absolute atomic E-state index is 0.00606. The number of methoxy groups -OCH3 is 1. The van der Waals surface area contributed by atoms with Crippen LogP contribution in [0.2, 0.25) is 0 Å². The summed E-state index contributed by atoms with van der Waals surface area (Å²) in [6, 6.07) is 6.11. The summed E-state index contributed by atoms with van der Waals surface area (Å²) >= 11 is 0. The number of hydrogen-bond donors (Lipinski definition) is 6. The lowest BCUT2D eigenvalue weighted by molar-refractivity contribution is -0.340. The molecule has 1 aromatic rings. The highest BCUT2D eigenvalue weighted by Gasteiger charge is 2.52. The lowest BCUT2D eigenvalue weighted by atomic mass is 9.82. The second-order valence-corrected chi connectivity index (χ2v) is 9.22. The average molecular weight is 551 g/mol. The van der Waals surface area contributed by atoms with E-state index in [2.05, 4.69) is 0 Å². The molecule has 13 nitrogen and oxygen atoms in total. The van der Waals surface area contributed by atoms with E-state index in [0.717, 1.165) is 13.4 Å². The number of carbonyl (C=O) groups is 2. The van der Waals surface area contributed by atoms with E-state index in [-0.39, 0.29) is 17.9 Å². The van der Waals surface area contributed by atoms with Crippen LogP contribution < -0.4 is 0 Å². The molecular formula is C26H30O13. The summed E-state index contributed by atoms with van der Waals surface area (Å²) in [4.78, 5) is 24.7. The second kappa shape index (κ2) is 12.3. The molecule has 0 spiro atoms. The number of benzene rings is 1. The smallest absolute Gasteiger partial charge is 0.337 e. The Balaban J connectivity index is 1.51. The summed E-state index contributed by atoms with van der Waals surface area (Å²) < 4.78 is 26.9. The lowest BCUT2D eigenvalue weighted by Gasteiger charge is -2.43. The molecule has 0 aromatic heterocycles. The molecule has 39 heavy (non-hydrogen) atoms. The van der Waals surface area contributed by atoms with Crippen molar-refractivity contribution in [3.8, 4) is 5.75 Å². The van der Waals surface area contributed by atoms with Gasteiger partial charge in [0.2, 0.25) is 6.29 Å². The molecule has 6 N–H and O–H groups in total. The van der Waals surface area contributed by atoms with Gasteiger partial charge in [0.05, 0.1) is 37.6 Å². The Kier molecular flexibility index (Phi) is 9.02. The third kappa shape index (κ3) is 6.15. The van der Waals surface area contributed by atoms with Crippen LogP contribution in [0.4, 0.5) is 0 Å². The molecule has 0 bridgehead atoms. The summed E-state index contributed by atoms with van der Waals surface area (Å²) in [5.41, 5.74) is 0.971. The summed E-state index contributed by atoms with van der Waals surface area (Å²) in [6.45, 7) is -0.990. The second-order valence-electron chi connectivity index (χ2n) is 9.22. The maximum absolute atomic E-state index is 12.4. The topological polar surface area (TPSA) is 202 Å². The van der Waals surface area contributed by atoms with Crippen LogP contribution in [0.25, 0.3) is 6.08 Å². The number of hydrogen-bond acceptors (Lipinski definition) is 13. The van der Waals surface area contributed by atoms with Gasteiger partial charge in [-0.15, -0.1) is 0 Å². The van der Waals surface area contributed by atoms with Gasteiger partial charge in [-0.2, -0.15) is 0 Å². The fraction of sp³-hybridized carbons (Fsp3) is 0.462. The number of aromatic hydroxyl groups is 1. The molecule has 13 heteroatoms. The van der Waals surface area contributed by atoms with E-state index in [1.165, 1.54) is 30.4 Å². The first-order valence-electron chi connectivity index (χ1n) is 12.1. The number of esters is 2. The summed E-state index contributed by atoms with van der Waals surface area (Å²) in [5, 5.41) is 60.1. The molecule has 2 heterocycles. The monoisotopic (exact) mass is 550 g/mol. The Morgan fingerprint density at radius 2 is 1.72 bits per heavy atom. The van der Waals surface area contributed by atoms with Crippen LogP contribution in [0.3, 0.4) is 0 Å². The van der Waals surface area contributed by atoms with Gasteiger partial charge in [0.1, 0.15) is 36.8 Å². The zero-order valence-electron chi connectivity index (χ0n) is 20.8. The highest BCUT2D eigenvalue weighted by molar-refractivity contribution is 5.89. The molecule has 0 amide bonds. The summed E-state index contributed by atoms with van der Waals surface area (Å²) in [5.74, 6) is -3.25. The van der Waals surface area contributed by atoms with E-state index in [4.69, 9.17) is 23.7 Å². The van der Waals surface area contributed by atoms with Crippen molar-refractivity contribution in [1.82, 2.24) is 0 Å². The molecular weight excluding hydrogens is 520 g/mol. The molecule has 1 saturated heterocycles. The van der Waals surface area contributed by atoms with Gasteiger partial charge in [-0.05, 0) is 29.3 Å². The van der Waals surface area contributed by atoms with E-state index in [0.29, 0.717) is 11.1 Å². The maximum Gasteiger partial charge on any atom is 0.337 e. The van der Waals surface area contributed by atoms with Gasteiger partial charge in [-0.25, -0.2) is 9.59 Å². The number of rotatable bonds is 8. The van der Waals surface area contributed by atoms with Crippen LogP contribution in [0.1, 0.15) is 5.56 Å². The highest BCUT2D eigenvalue weighted by Crippen LogP contribution is 2.45. The van der Waals surface area contributed by atoms with Gasteiger partial charge >= 0.3 is 11.9 Å². The number of phenolic OH excluding ortho intramolecular Hbond substituents is 1. The van der Waals surface area contributed by atoms with Gasteiger partial charge in [0.15, 0.2) is 6.29 Å². The first kappa shape index (κ1) is 28.7. The SMILES string of the molecule is COC(=O)C1=CO[C@@H](O[C@@H]2O[C@H](CO)[C@@H](O)[C@H](O)[C@H]2O)[C@@H]2C(COC(=O)/C=C\c3ccc(O)cc3)=C[C@@H](O)[C@H]12. The van der Waals surface area contributed by atoms with Crippen molar-refractivity contribution in [2.45, 2.75) is 43.1 Å². The molecule has 0 radical (unpaired) electrons. The van der Waals surface area contributed by atoms with E-state index >= 15 is 0 Å². The molecule has 3 aliphatic rings. The van der Waals surface area contributed by atoms with Crippen molar-refractivity contribution >= 4 is 18.0 Å². The Morgan fingerprint density at radius 3 is 2.38 bits per heavy atom. The third-order valence-electron chi connectivity index (χ3n) is 6.77. The van der Waals surface area contributed by atoms with Crippen molar-refractivity contribution in [3.05, 3.63) is 59.4 Å². The van der Waals surface area contributed by atoms with Crippen LogP contribution in [-0.2, 0) is 33.3 Å². The number of aliphatic hydroxyl groups excluding tert-OH is 5. The first-order chi connectivity index (χ1) is 18.6. The molecule has 0 unspecified atom stereocenters. The van der Waals surface area contributed by atoms with Crippen LogP contribution in [-0.4, -0.2) is 106 Å². The van der Waals surface area contributed by atoms with Gasteiger partial charge in [-0.3, -0.25) is 0 Å². The van der Waals surface area contributed by atoms with Crippen molar-refractivity contribution in [2.75, 3.05) is 20.3 Å². The summed E-state index contributed by atoms with van der Waals surface area (Å²) in [6.07, 6.45) is -5.25. The molecule has 2 aliphatic heterocycles. The molecule has 212 valence electrons. The van der Waals surface area contributed by atoms with Crippen LogP contribution in [0.5, 0.6) is 5.75 Å². The molecule has 0 saturated carbocycles. The minimum atomic E-state index is -1.72. The largest absolute Gasteiger partial charge is 0.508 e. The Morgan fingerprint density at radius 1 is 1.00 bits per heavy atom. The number of phenols is 1. The maximum atomic E-state index is 12.4. The fourth-order valence-electron chi connectivity index (χ4n) is 4.73. The Bertz CT molecular complexity index is 1130. The predicted molar refractivity (Wildman–Crippen MR) is 129 cm³/mol. The number of carbonyl (C=O) groups excluding carboxylic acids is 2. The highest BCUT2D eigenvalue weighted by atomic mass is 16.8. The van der Waals surface area contributed by atoms with Gasteiger partial charge in [-0.1, -0.05) is 18.2 Å². The van der Waals surface area contributed by atoms with Crippen molar-refractivity contribution in [2.24, 2.45) is 11.8 Å². The number of aliphatic hydroxyl groups is 5. The minimum Gasteiger partial charge on any atom is -0.508 e. The third-order valence-corrected chi connectivity index (χ3v) is 6.77. The Hall–Kier alpha value is -3.30. The fourth-order valence-corrected chi connectivity index (χ4v) is 4.73. The van der Waals surface area contributed by atoms with Crippen molar-refractivity contribution in [3.63, 3.8) is 0 Å². The van der Waals surface area contributed by atoms with Crippen LogP contribution >= 0.6 is 0 Å². The summed E-state index contributed by atoms with van der Waals surface area (Å²) in [7, 11) is 1.16. The molecule has 9 atom stereocenters. The standard InChI is InChI=1S/C26H30O13/c1-35-24(34)15-11-37-25(39-26-23(33)22(32)21(31)17(9-27)38-26)19-13(8-16(29)20(15)19)10-36-18(30)7-4-12-2-5-14(28)6-3-12/h2-8,11,16-17,19-23,25-29,31-33H,9-10H2,1H3/b7-4-/t16-,17-,19-,20+,21-,22+,23-,25+,26+/m1/s1. The van der Waals surface area contributed by atoms with E-state index < -0.39 is 73.5 Å². The van der Waals surface area contributed by atoms with Crippen LogP contribution in [0.15, 0.2) is 53.8 Å². The predicted octanol–water partition coefficient (Wildman–Crippen LogP) is -1.29. The van der Waals surface area contributed by atoms with Gasteiger partial charge in [0.25, 0.3) is 0 Å². The van der Waals surface area contributed by atoms with Gasteiger partial charge < -0.3 is 54.3 Å². The average Bonchev–Trinajstić information content (AvgIpc) is 3.27.